The van der Waals surface area contributed by atoms with E-state index in [0.717, 1.165) is 16.3 Å². The molecule has 4 aromatic carbocycles. The number of amides is 5. The molecule has 0 aliphatic carbocycles. The van der Waals surface area contributed by atoms with Gasteiger partial charge in [0.15, 0.2) is 5.82 Å². The first-order valence-electron chi connectivity index (χ1n) is 16.9. The number of halogens is 1. The lowest BCUT2D eigenvalue weighted by atomic mass is 9.97. The van der Waals surface area contributed by atoms with Crippen LogP contribution in [-0.2, 0) is 25.6 Å². The van der Waals surface area contributed by atoms with Crippen molar-refractivity contribution in [2.45, 2.75) is 31.7 Å². The zero-order valence-corrected chi connectivity index (χ0v) is 29.4. The van der Waals surface area contributed by atoms with Crippen molar-refractivity contribution in [3.05, 3.63) is 71.5 Å². The van der Waals surface area contributed by atoms with Gasteiger partial charge in [-0.05, 0) is 83.4 Å². The zero-order chi connectivity index (χ0) is 37.6. The number of phenolic OH excluding ortho intramolecular Hbond substituents is 1. The number of ether oxygens (including phenoxy) is 1. The quantitative estimate of drug-likeness (QED) is 0.0919. The molecule has 3 aliphatic rings. The molecule has 0 spiro atoms. The van der Waals surface area contributed by atoms with Crippen LogP contribution < -0.4 is 29.3 Å². The van der Waals surface area contributed by atoms with Gasteiger partial charge < -0.3 is 20.1 Å². The van der Waals surface area contributed by atoms with Crippen LogP contribution in [0.15, 0.2) is 54.6 Å². The number of nitrogens with one attached hydrogen (secondary N) is 3. The van der Waals surface area contributed by atoms with Crippen LogP contribution in [0, 0.1) is 5.82 Å². The summed E-state index contributed by atoms with van der Waals surface area (Å²) in [7, 11) is -2.22. The Morgan fingerprint density at radius 1 is 1.08 bits per heavy atom. The second-order valence-corrected chi connectivity index (χ2v) is 14.8. The van der Waals surface area contributed by atoms with Gasteiger partial charge in [-0.15, -0.1) is 0 Å². The largest absolute Gasteiger partial charge is 0.506 e. The highest BCUT2D eigenvalue weighted by molar-refractivity contribution is 8.24. The Kier molecular flexibility index (Phi) is 9.58. The first kappa shape index (κ1) is 35.9. The smallest absolute Gasteiger partial charge is 0.260 e. The van der Waals surface area contributed by atoms with Gasteiger partial charge in [-0.3, -0.25) is 43.3 Å². The third kappa shape index (κ3) is 6.79. The molecule has 1 atom stereocenters. The number of piperidine rings is 1. The molecule has 4 aromatic rings. The summed E-state index contributed by atoms with van der Waals surface area (Å²) < 4.78 is 44.4. The lowest BCUT2D eigenvalue weighted by Crippen LogP contribution is -2.53. The lowest BCUT2D eigenvalue weighted by Gasteiger charge is -2.36. The van der Waals surface area contributed by atoms with Crippen molar-refractivity contribution in [2.75, 3.05) is 49.0 Å². The highest BCUT2D eigenvalue weighted by Crippen LogP contribution is 2.51. The van der Waals surface area contributed by atoms with E-state index in [2.05, 4.69) is 10.6 Å². The van der Waals surface area contributed by atoms with Crippen LogP contribution in [-0.4, -0.2) is 94.5 Å². The van der Waals surface area contributed by atoms with Crippen molar-refractivity contribution in [3.63, 3.8) is 0 Å². The van der Waals surface area contributed by atoms with Crippen LogP contribution in [0.1, 0.15) is 35.2 Å². The van der Waals surface area contributed by atoms with Crippen molar-refractivity contribution in [1.29, 1.82) is 0 Å². The Morgan fingerprint density at radius 3 is 2.64 bits per heavy atom. The van der Waals surface area contributed by atoms with E-state index >= 15 is 4.39 Å². The number of aryl methyl sites for hydroxylation is 1. The zero-order valence-electron chi connectivity index (χ0n) is 28.6. The molecular formula is C36H37FN6O9S. The summed E-state index contributed by atoms with van der Waals surface area (Å²) in [6, 6.07) is 14.3. The maximum Gasteiger partial charge on any atom is 0.260 e. The Balaban J connectivity index is 0.898. The number of imide groups is 1. The number of carbonyl (C=O) groups is 5. The summed E-state index contributed by atoms with van der Waals surface area (Å²) in [6.07, 6.45) is 1.83. The number of fused-ring (bicyclic) bond motifs is 1. The van der Waals surface area contributed by atoms with Gasteiger partial charge in [0.2, 0.25) is 17.7 Å². The number of phenols is 1. The number of benzene rings is 4. The molecule has 0 saturated carbocycles. The Morgan fingerprint density at radius 2 is 1.89 bits per heavy atom. The number of anilines is 2. The number of aromatic hydroxyl groups is 1. The van der Waals surface area contributed by atoms with Gasteiger partial charge in [0.25, 0.3) is 11.8 Å². The minimum atomic E-state index is -3.86. The maximum absolute atomic E-state index is 15.6. The Hall–Kier alpha value is -5.49. The monoisotopic (exact) mass is 748 g/mol. The van der Waals surface area contributed by atoms with Gasteiger partial charge in [0.1, 0.15) is 36.4 Å². The Bertz CT molecular complexity index is 2200. The molecule has 2 saturated heterocycles. The lowest BCUT2D eigenvalue weighted by molar-refractivity contribution is -0.134. The number of rotatable bonds is 12. The van der Waals surface area contributed by atoms with Gasteiger partial charge in [-0.25, -0.2) is 13.4 Å². The van der Waals surface area contributed by atoms with Crippen molar-refractivity contribution < 1.29 is 47.3 Å². The van der Waals surface area contributed by atoms with Gasteiger partial charge in [-0.1, -0.05) is 24.3 Å². The third-order valence-electron chi connectivity index (χ3n) is 9.64. The van der Waals surface area contributed by atoms with E-state index in [1.54, 1.807) is 19.2 Å². The van der Waals surface area contributed by atoms with Crippen LogP contribution >= 0.6 is 11.0 Å². The predicted octanol–water partition coefficient (Wildman–Crippen LogP) is 3.18. The molecule has 0 bridgehead atoms. The van der Waals surface area contributed by atoms with Gasteiger partial charge in [0.05, 0.1) is 18.8 Å². The molecular weight excluding hydrogens is 711 g/mol. The Labute approximate surface area is 304 Å². The summed E-state index contributed by atoms with van der Waals surface area (Å²) in [6.45, 7) is 0.431. The molecule has 2 fully saturated rings. The van der Waals surface area contributed by atoms with E-state index in [4.69, 9.17) is 4.74 Å². The van der Waals surface area contributed by atoms with E-state index in [1.165, 1.54) is 28.0 Å². The van der Waals surface area contributed by atoms with E-state index in [9.17, 15) is 38.2 Å². The van der Waals surface area contributed by atoms with Crippen molar-refractivity contribution in [1.82, 2.24) is 20.3 Å². The minimum absolute atomic E-state index is 0.0262. The molecule has 0 radical (unpaired) electrons. The summed E-state index contributed by atoms with van der Waals surface area (Å²) in [5, 5.41) is 18.0. The van der Waals surface area contributed by atoms with Crippen molar-refractivity contribution >= 4 is 73.4 Å². The van der Waals surface area contributed by atoms with E-state index in [-0.39, 0.29) is 61.4 Å². The topological polar surface area (TPSA) is 201 Å². The average molecular weight is 749 g/mol. The molecule has 278 valence electrons. The number of carbonyl (C=O) groups excluding carboxylic acids is 5. The number of hydrogen-bond donors (Lipinski definition) is 6. The van der Waals surface area contributed by atoms with Crippen molar-refractivity contribution in [2.24, 2.45) is 0 Å². The number of hydrogen-bond acceptors (Lipinski definition) is 11. The highest BCUT2D eigenvalue weighted by Gasteiger charge is 2.41. The van der Waals surface area contributed by atoms with Crippen LogP contribution in [0.5, 0.6) is 11.5 Å². The van der Waals surface area contributed by atoms with Gasteiger partial charge in [0, 0.05) is 29.8 Å². The van der Waals surface area contributed by atoms with Crippen LogP contribution in [0.25, 0.3) is 21.5 Å². The predicted molar refractivity (Wildman–Crippen MR) is 195 cm³/mol. The summed E-state index contributed by atoms with van der Waals surface area (Å²) >= 11 is 0. The van der Waals surface area contributed by atoms with Gasteiger partial charge >= 0.3 is 0 Å². The SMILES string of the molecule is CN(CCOc1ccc2cc(O)c(N3CC(=O)NS3(O)O)c(F)c2c1)C(=O)CNCCCc1ccc2c3c(cccc13)C(=O)N2C1CCC(=O)NC1=O. The van der Waals surface area contributed by atoms with E-state index < -0.39 is 52.6 Å². The molecule has 6 N–H and O–H groups in total. The number of nitrogens with zero attached hydrogens (tertiary/aromatic N) is 3. The molecule has 3 heterocycles. The van der Waals surface area contributed by atoms with Crippen molar-refractivity contribution in [3.8, 4) is 11.5 Å². The summed E-state index contributed by atoms with van der Waals surface area (Å²) in [5.41, 5.74) is 1.70. The first-order valence-corrected chi connectivity index (χ1v) is 18.5. The molecule has 3 aliphatic heterocycles. The van der Waals surface area contributed by atoms with E-state index in [1.807, 2.05) is 29.0 Å². The fourth-order valence-corrected chi connectivity index (χ4v) is 8.19. The van der Waals surface area contributed by atoms with Crippen LogP contribution in [0.4, 0.5) is 15.8 Å². The molecule has 15 nitrogen and oxygen atoms in total. The third-order valence-corrected chi connectivity index (χ3v) is 11.1. The standard InChI is InChI=1S/C36H37FN6O9S/c1-41(14-15-52-22-9-7-21-16-28(44)34(33(37)25(21)17-22)42-19-30(46)40-53(42,50)51)31(47)18-38-13-3-4-20-8-10-26-32-23(20)5-2-6-24(32)36(49)43(26)27-11-12-29(45)39-35(27)48/h2,5-10,16-17,27,38,44,50-51H,3-4,11-15,18-19H2,1H3,(H,40,46)(H,39,45,48). The number of likely N-dealkylation sites (N-methyl/N-ethyl adjacent to an activating group) is 1. The van der Waals surface area contributed by atoms with Gasteiger partial charge in [-0.2, -0.15) is 0 Å². The molecule has 0 aromatic heterocycles. The molecule has 17 heteroatoms. The molecule has 7 rings (SSSR count). The normalized spacial score (nSPS) is 18.5. The molecule has 5 amide bonds. The summed E-state index contributed by atoms with van der Waals surface area (Å²) in [4.78, 5) is 65.2. The second kappa shape index (κ2) is 14.1. The first-order chi connectivity index (χ1) is 25.3. The molecule has 53 heavy (non-hydrogen) atoms. The minimum Gasteiger partial charge on any atom is -0.506 e. The second-order valence-electron chi connectivity index (χ2n) is 13.1. The fourth-order valence-electron chi connectivity index (χ4n) is 6.98. The summed E-state index contributed by atoms with van der Waals surface area (Å²) in [5.74, 6) is -3.20. The molecule has 1 unspecified atom stereocenters. The van der Waals surface area contributed by atoms with Crippen LogP contribution in [0.3, 0.4) is 0 Å². The maximum atomic E-state index is 15.6. The average Bonchev–Trinajstić information content (AvgIpc) is 3.56. The fraction of sp³-hybridized carbons (Fsp3) is 0.306. The van der Waals surface area contributed by atoms with Crippen LogP contribution in [0.2, 0.25) is 0 Å². The van der Waals surface area contributed by atoms with E-state index in [0.29, 0.717) is 40.3 Å². The highest BCUT2D eigenvalue weighted by atomic mass is 32.3.